The van der Waals surface area contributed by atoms with Gasteiger partial charge in [0.25, 0.3) is 0 Å². The summed E-state index contributed by atoms with van der Waals surface area (Å²) in [6.45, 7) is 7.93. The van der Waals surface area contributed by atoms with Crippen LogP contribution in [-0.4, -0.2) is 34.4 Å². The lowest BCUT2D eigenvalue weighted by atomic mass is 9.96. The van der Waals surface area contributed by atoms with Crippen LogP contribution in [-0.2, 0) is 12.0 Å². The number of nitrogens with one attached hydrogen (secondary N) is 3. The van der Waals surface area contributed by atoms with E-state index in [4.69, 9.17) is 4.42 Å². The quantitative estimate of drug-likeness (QED) is 0.582. The second-order valence-corrected chi connectivity index (χ2v) is 6.33. The lowest BCUT2D eigenvalue weighted by Gasteiger charge is -2.23. The lowest BCUT2D eigenvalue weighted by molar-refractivity contribution is 0.0579. The van der Waals surface area contributed by atoms with E-state index in [1.54, 1.807) is 19.9 Å². The number of amides is 2. The van der Waals surface area contributed by atoms with Crippen molar-refractivity contribution in [2.75, 3.05) is 13.1 Å². The lowest BCUT2D eigenvalue weighted by Crippen LogP contribution is -2.43. The van der Waals surface area contributed by atoms with Gasteiger partial charge in [-0.2, -0.15) is 5.10 Å². The van der Waals surface area contributed by atoms with Crippen LogP contribution in [0.3, 0.4) is 0 Å². The van der Waals surface area contributed by atoms with E-state index in [1.165, 1.54) is 0 Å². The molecule has 24 heavy (non-hydrogen) atoms. The number of aromatic amines is 1. The molecule has 2 rings (SSSR count). The molecule has 2 heterocycles. The van der Waals surface area contributed by atoms with Crippen LogP contribution in [0.4, 0.5) is 4.79 Å². The summed E-state index contributed by atoms with van der Waals surface area (Å²) in [5, 5.41) is 22.9. The fraction of sp³-hybridized carbons (Fsp3) is 0.529. The first-order chi connectivity index (χ1) is 11.3. The number of nitrogens with zero attached hydrogens (tertiary/aromatic N) is 1. The van der Waals surface area contributed by atoms with E-state index in [9.17, 15) is 9.90 Å². The first-order valence-electron chi connectivity index (χ1n) is 8.10. The smallest absolute Gasteiger partial charge is 0.314 e. The molecule has 0 aliphatic heterocycles. The number of hydrogen-bond donors (Lipinski definition) is 4. The van der Waals surface area contributed by atoms with Crippen molar-refractivity contribution in [2.45, 2.75) is 46.1 Å². The number of urea groups is 1. The van der Waals surface area contributed by atoms with Gasteiger partial charge in [0.05, 0.1) is 12.7 Å². The highest BCUT2D eigenvalue weighted by Crippen LogP contribution is 2.26. The number of aromatic nitrogens is 2. The Hall–Kier alpha value is -2.28. The van der Waals surface area contributed by atoms with E-state index >= 15 is 0 Å². The first kappa shape index (κ1) is 18.1. The molecule has 7 nitrogen and oxygen atoms in total. The second kappa shape index (κ2) is 7.53. The van der Waals surface area contributed by atoms with Crippen LogP contribution < -0.4 is 10.6 Å². The summed E-state index contributed by atoms with van der Waals surface area (Å²) in [7, 11) is 0. The molecule has 0 aliphatic rings. The number of hydrogen-bond acceptors (Lipinski definition) is 4. The molecule has 7 heteroatoms. The molecule has 0 fully saturated rings. The van der Waals surface area contributed by atoms with Gasteiger partial charge in [0.1, 0.15) is 17.1 Å². The number of H-pyrrole nitrogens is 1. The number of aliphatic hydroxyl groups is 1. The summed E-state index contributed by atoms with van der Waals surface area (Å²) in [5.74, 6) is 1.40. The third kappa shape index (κ3) is 4.61. The molecule has 1 atom stereocenters. The SMILES string of the molecule is Cc1cc(C(C)(O)CNC(=O)NCCCc2cn[nH]c2C)c(C)o1. The van der Waals surface area contributed by atoms with E-state index in [2.05, 4.69) is 20.8 Å². The predicted octanol–water partition coefficient (Wildman–Crippen LogP) is 2.07. The Kier molecular flexibility index (Phi) is 5.66. The van der Waals surface area contributed by atoms with Crippen LogP contribution in [0.15, 0.2) is 16.7 Å². The van der Waals surface area contributed by atoms with Gasteiger partial charge < -0.3 is 20.2 Å². The summed E-state index contributed by atoms with van der Waals surface area (Å²) < 4.78 is 5.44. The fourth-order valence-corrected chi connectivity index (χ4v) is 2.68. The Balaban J connectivity index is 1.72. The van der Waals surface area contributed by atoms with Crippen molar-refractivity contribution in [2.24, 2.45) is 0 Å². The minimum Gasteiger partial charge on any atom is -0.466 e. The molecular weight excluding hydrogens is 308 g/mol. The largest absolute Gasteiger partial charge is 0.466 e. The number of rotatable bonds is 7. The standard InChI is InChI=1S/C17H26N4O3/c1-11-8-15(13(3)24-11)17(4,23)10-19-16(22)18-7-5-6-14-9-20-21-12(14)2/h8-9,23H,5-7,10H2,1-4H3,(H,20,21)(H2,18,19,22). The molecule has 0 aliphatic carbocycles. The number of carbonyl (C=O) groups is 1. The van der Waals surface area contributed by atoms with Crippen LogP contribution >= 0.6 is 0 Å². The summed E-state index contributed by atoms with van der Waals surface area (Å²) >= 11 is 0. The first-order valence-corrected chi connectivity index (χ1v) is 8.10. The highest BCUT2D eigenvalue weighted by molar-refractivity contribution is 5.73. The van der Waals surface area contributed by atoms with Crippen molar-refractivity contribution >= 4 is 6.03 Å². The Morgan fingerprint density at radius 1 is 1.38 bits per heavy atom. The van der Waals surface area contributed by atoms with Crippen LogP contribution in [0.25, 0.3) is 0 Å². The van der Waals surface area contributed by atoms with E-state index in [0.717, 1.165) is 29.9 Å². The zero-order valence-electron chi connectivity index (χ0n) is 14.7. The summed E-state index contributed by atoms with van der Waals surface area (Å²) in [5.41, 5.74) is 1.73. The van der Waals surface area contributed by atoms with Gasteiger partial charge in [-0.05, 0) is 52.2 Å². The topological polar surface area (TPSA) is 103 Å². The van der Waals surface area contributed by atoms with Gasteiger partial charge in [-0.15, -0.1) is 0 Å². The molecule has 0 bridgehead atoms. The Morgan fingerprint density at radius 3 is 2.71 bits per heavy atom. The molecule has 0 saturated heterocycles. The van der Waals surface area contributed by atoms with Gasteiger partial charge in [0.15, 0.2) is 0 Å². The van der Waals surface area contributed by atoms with Gasteiger partial charge in [0, 0.05) is 17.8 Å². The maximum absolute atomic E-state index is 11.9. The zero-order chi connectivity index (χ0) is 17.7. The highest BCUT2D eigenvalue weighted by atomic mass is 16.3. The highest BCUT2D eigenvalue weighted by Gasteiger charge is 2.28. The zero-order valence-corrected chi connectivity index (χ0v) is 14.7. The van der Waals surface area contributed by atoms with Crippen LogP contribution in [0.1, 0.15) is 41.7 Å². The van der Waals surface area contributed by atoms with Crippen molar-refractivity contribution in [3.63, 3.8) is 0 Å². The van der Waals surface area contributed by atoms with Crippen molar-refractivity contribution in [1.82, 2.24) is 20.8 Å². The minimum atomic E-state index is -1.17. The third-order valence-electron chi connectivity index (χ3n) is 4.06. The molecule has 1 unspecified atom stereocenters. The predicted molar refractivity (Wildman–Crippen MR) is 90.8 cm³/mol. The van der Waals surface area contributed by atoms with E-state index in [1.807, 2.05) is 20.0 Å². The molecule has 0 radical (unpaired) electrons. The Labute approximate surface area is 141 Å². The van der Waals surface area contributed by atoms with Crippen LogP contribution in [0.2, 0.25) is 0 Å². The van der Waals surface area contributed by atoms with E-state index in [0.29, 0.717) is 17.9 Å². The monoisotopic (exact) mass is 334 g/mol. The van der Waals surface area contributed by atoms with E-state index in [-0.39, 0.29) is 12.6 Å². The van der Waals surface area contributed by atoms with Gasteiger partial charge in [0.2, 0.25) is 0 Å². The molecule has 0 saturated carbocycles. The van der Waals surface area contributed by atoms with Gasteiger partial charge in [-0.1, -0.05) is 0 Å². The van der Waals surface area contributed by atoms with Crippen molar-refractivity contribution < 1.29 is 14.3 Å². The van der Waals surface area contributed by atoms with Gasteiger partial charge in [-0.3, -0.25) is 5.10 Å². The average molecular weight is 334 g/mol. The number of furan rings is 1. The molecular formula is C17H26N4O3. The molecule has 2 aromatic rings. The van der Waals surface area contributed by atoms with Crippen LogP contribution in [0.5, 0.6) is 0 Å². The maximum Gasteiger partial charge on any atom is 0.314 e. The van der Waals surface area contributed by atoms with Gasteiger partial charge >= 0.3 is 6.03 Å². The minimum absolute atomic E-state index is 0.111. The molecule has 132 valence electrons. The Bertz CT molecular complexity index is 688. The second-order valence-electron chi connectivity index (χ2n) is 6.33. The number of carbonyl (C=O) groups excluding carboxylic acids is 1. The summed E-state index contributed by atoms with van der Waals surface area (Å²) in [6, 6.07) is 1.50. The fourth-order valence-electron chi connectivity index (χ4n) is 2.68. The van der Waals surface area contributed by atoms with Crippen LogP contribution in [0, 0.1) is 20.8 Å². The molecule has 4 N–H and O–H groups in total. The molecule has 0 aromatic carbocycles. The van der Waals surface area contributed by atoms with Crippen molar-refractivity contribution in [3.8, 4) is 0 Å². The van der Waals surface area contributed by atoms with E-state index < -0.39 is 5.60 Å². The normalized spacial score (nSPS) is 13.5. The average Bonchev–Trinajstić information content (AvgIpc) is 3.07. The third-order valence-corrected chi connectivity index (χ3v) is 4.06. The van der Waals surface area contributed by atoms with Crippen molar-refractivity contribution in [1.29, 1.82) is 0 Å². The molecule has 2 amide bonds. The molecule has 2 aromatic heterocycles. The summed E-state index contributed by atoms with van der Waals surface area (Å²) in [4.78, 5) is 11.9. The Morgan fingerprint density at radius 2 is 2.12 bits per heavy atom. The molecule has 0 spiro atoms. The summed E-state index contributed by atoms with van der Waals surface area (Å²) in [6.07, 6.45) is 3.49. The number of aryl methyl sites for hydroxylation is 4. The van der Waals surface area contributed by atoms with Gasteiger partial charge in [-0.25, -0.2) is 4.79 Å². The van der Waals surface area contributed by atoms with Crippen molar-refractivity contribution in [3.05, 3.63) is 40.6 Å². The maximum atomic E-state index is 11.9.